The van der Waals surface area contributed by atoms with Crippen molar-refractivity contribution in [3.05, 3.63) is 46.7 Å². The summed E-state index contributed by atoms with van der Waals surface area (Å²) in [6, 6.07) is 10.1. The van der Waals surface area contributed by atoms with Crippen LogP contribution in [0.5, 0.6) is 0 Å². The van der Waals surface area contributed by atoms with Gasteiger partial charge in [0.1, 0.15) is 0 Å². The van der Waals surface area contributed by atoms with E-state index in [0.717, 1.165) is 16.7 Å². The van der Waals surface area contributed by atoms with Gasteiger partial charge in [-0.1, -0.05) is 30.3 Å². The summed E-state index contributed by atoms with van der Waals surface area (Å²) < 4.78 is 23.4. The first-order valence-corrected chi connectivity index (χ1v) is 9.34. The van der Waals surface area contributed by atoms with Crippen LogP contribution < -0.4 is 0 Å². The van der Waals surface area contributed by atoms with E-state index < -0.39 is 7.60 Å². The highest BCUT2D eigenvalue weighted by atomic mass is 32.1. The van der Waals surface area contributed by atoms with E-state index >= 15 is 0 Å². The number of benzene rings is 1. The van der Waals surface area contributed by atoms with Gasteiger partial charge in [0.15, 0.2) is 0 Å². The van der Waals surface area contributed by atoms with Gasteiger partial charge >= 0.3 is 7.60 Å². The standard InChI is InChI=1S/C15H19O3PS/c1-3-17-19(16,18-4-2)10-14-11-20-12-15(14)13-8-6-5-7-9-13/h5-9,11-12H,3-4,10H2,1-2H3. The Labute approximate surface area is 124 Å². The molecule has 0 bridgehead atoms. The van der Waals surface area contributed by atoms with Crippen molar-refractivity contribution in [2.45, 2.75) is 20.0 Å². The maximum Gasteiger partial charge on any atom is 0.335 e. The van der Waals surface area contributed by atoms with E-state index in [-0.39, 0.29) is 0 Å². The number of thiophene rings is 1. The first-order valence-electron chi connectivity index (χ1n) is 6.67. The fourth-order valence-electron chi connectivity index (χ4n) is 2.05. The van der Waals surface area contributed by atoms with Crippen LogP contribution in [-0.4, -0.2) is 13.2 Å². The molecule has 0 saturated heterocycles. The highest BCUT2D eigenvalue weighted by molar-refractivity contribution is 7.53. The van der Waals surface area contributed by atoms with Crippen LogP contribution in [0.15, 0.2) is 41.1 Å². The van der Waals surface area contributed by atoms with Crippen molar-refractivity contribution >= 4 is 18.9 Å². The topological polar surface area (TPSA) is 35.5 Å². The molecule has 1 aromatic heterocycles. The molecule has 0 unspecified atom stereocenters. The van der Waals surface area contributed by atoms with Crippen LogP contribution in [0.3, 0.4) is 0 Å². The highest BCUT2D eigenvalue weighted by Crippen LogP contribution is 2.52. The third-order valence-corrected chi connectivity index (χ3v) is 5.67. The molecule has 1 aromatic carbocycles. The molecule has 3 nitrogen and oxygen atoms in total. The molecule has 20 heavy (non-hydrogen) atoms. The molecule has 2 aromatic rings. The van der Waals surface area contributed by atoms with Crippen LogP contribution in [0.2, 0.25) is 0 Å². The van der Waals surface area contributed by atoms with Crippen LogP contribution >= 0.6 is 18.9 Å². The zero-order valence-electron chi connectivity index (χ0n) is 11.7. The molecule has 0 aliphatic rings. The van der Waals surface area contributed by atoms with Gasteiger partial charge in [0, 0.05) is 0 Å². The Morgan fingerprint density at radius 2 is 1.70 bits per heavy atom. The van der Waals surface area contributed by atoms with Crippen LogP contribution in [-0.2, 0) is 19.8 Å². The zero-order chi connectivity index (χ0) is 14.4. The molecule has 0 radical (unpaired) electrons. The molecule has 0 atom stereocenters. The second-order valence-electron chi connectivity index (χ2n) is 4.28. The van der Waals surface area contributed by atoms with E-state index in [1.807, 2.05) is 37.4 Å². The van der Waals surface area contributed by atoms with Crippen LogP contribution in [0.4, 0.5) is 0 Å². The number of hydrogen-bond donors (Lipinski definition) is 0. The monoisotopic (exact) mass is 310 g/mol. The number of hydrogen-bond acceptors (Lipinski definition) is 4. The summed E-state index contributed by atoms with van der Waals surface area (Å²) in [6.45, 7) is 4.44. The fraction of sp³-hybridized carbons (Fsp3) is 0.333. The molecule has 0 saturated carbocycles. The largest absolute Gasteiger partial charge is 0.335 e. The Morgan fingerprint density at radius 3 is 2.30 bits per heavy atom. The van der Waals surface area contributed by atoms with Crippen LogP contribution in [0.1, 0.15) is 19.4 Å². The Hall–Kier alpha value is -0.930. The van der Waals surface area contributed by atoms with E-state index in [0.29, 0.717) is 19.4 Å². The molecule has 0 fully saturated rings. The fourth-order valence-corrected chi connectivity index (χ4v) is 4.76. The van der Waals surface area contributed by atoms with Gasteiger partial charge in [0.2, 0.25) is 0 Å². The van der Waals surface area contributed by atoms with E-state index in [1.54, 1.807) is 11.3 Å². The van der Waals surface area contributed by atoms with Crippen LogP contribution in [0, 0.1) is 0 Å². The maximum absolute atomic E-state index is 12.6. The smallest absolute Gasteiger partial charge is 0.309 e. The quantitative estimate of drug-likeness (QED) is 0.661. The summed E-state index contributed by atoms with van der Waals surface area (Å²) in [6.07, 6.45) is 0.322. The van der Waals surface area contributed by atoms with Crippen molar-refractivity contribution in [3.8, 4) is 11.1 Å². The van der Waals surface area contributed by atoms with Crippen molar-refractivity contribution < 1.29 is 13.6 Å². The van der Waals surface area contributed by atoms with E-state index in [1.165, 1.54) is 0 Å². The molecule has 1 heterocycles. The molecular formula is C15H19O3PS. The third kappa shape index (κ3) is 3.80. The predicted octanol–water partition coefficient (Wildman–Crippen LogP) is 5.18. The SMILES string of the molecule is CCOP(=O)(Cc1cscc1-c1ccccc1)OCC. The summed E-state index contributed by atoms with van der Waals surface area (Å²) in [5.74, 6) is 0. The summed E-state index contributed by atoms with van der Waals surface area (Å²) in [7, 11) is -3.05. The van der Waals surface area contributed by atoms with Gasteiger partial charge in [-0.15, -0.1) is 0 Å². The van der Waals surface area contributed by atoms with E-state index in [2.05, 4.69) is 17.5 Å². The first kappa shape index (κ1) is 15.5. The molecule has 0 aliphatic carbocycles. The summed E-state index contributed by atoms with van der Waals surface area (Å²) in [4.78, 5) is 0. The highest BCUT2D eigenvalue weighted by Gasteiger charge is 2.26. The average molecular weight is 310 g/mol. The molecule has 0 aliphatic heterocycles. The van der Waals surface area contributed by atoms with Gasteiger partial charge in [-0.3, -0.25) is 4.57 Å². The lowest BCUT2D eigenvalue weighted by Gasteiger charge is -2.17. The Morgan fingerprint density at radius 1 is 1.05 bits per heavy atom. The van der Waals surface area contributed by atoms with Crippen molar-refractivity contribution in [2.75, 3.05) is 13.2 Å². The maximum atomic E-state index is 12.6. The third-order valence-electron chi connectivity index (χ3n) is 2.84. The Kier molecular flexibility index (Phi) is 5.55. The zero-order valence-corrected chi connectivity index (χ0v) is 13.5. The Balaban J connectivity index is 2.26. The first-order chi connectivity index (χ1) is 9.68. The second kappa shape index (κ2) is 7.19. The molecule has 0 N–H and O–H groups in total. The van der Waals surface area contributed by atoms with Gasteiger partial charge in [-0.05, 0) is 41.3 Å². The van der Waals surface area contributed by atoms with E-state index in [4.69, 9.17) is 9.05 Å². The lowest BCUT2D eigenvalue weighted by atomic mass is 10.1. The average Bonchev–Trinajstić information content (AvgIpc) is 2.88. The molecule has 2 rings (SSSR count). The van der Waals surface area contributed by atoms with Gasteiger partial charge in [0.05, 0.1) is 19.4 Å². The molecular weight excluding hydrogens is 291 g/mol. The van der Waals surface area contributed by atoms with Crippen molar-refractivity contribution in [3.63, 3.8) is 0 Å². The van der Waals surface area contributed by atoms with Crippen molar-refractivity contribution in [1.82, 2.24) is 0 Å². The minimum Gasteiger partial charge on any atom is -0.309 e. The Bertz CT molecular complexity index is 570. The van der Waals surface area contributed by atoms with Gasteiger partial charge in [0.25, 0.3) is 0 Å². The van der Waals surface area contributed by atoms with Gasteiger partial charge in [-0.25, -0.2) is 0 Å². The summed E-state index contributed by atoms with van der Waals surface area (Å²) in [5, 5.41) is 4.10. The molecule has 0 spiro atoms. The molecule has 5 heteroatoms. The lowest BCUT2D eigenvalue weighted by Crippen LogP contribution is -1.99. The minimum atomic E-state index is -3.05. The molecule has 0 amide bonds. The normalized spacial score (nSPS) is 11.7. The number of rotatable bonds is 7. The molecule has 108 valence electrons. The van der Waals surface area contributed by atoms with Crippen molar-refractivity contribution in [1.29, 1.82) is 0 Å². The van der Waals surface area contributed by atoms with Gasteiger partial charge in [-0.2, -0.15) is 11.3 Å². The second-order valence-corrected chi connectivity index (χ2v) is 7.08. The summed E-state index contributed by atoms with van der Waals surface area (Å²) in [5.41, 5.74) is 3.25. The van der Waals surface area contributed by atoms with E-state index in [9.17, 15) is 4.57 Å². The van der Waals surface area contributed by atoms with Crippen molar-refractivity contribution in [2.24, 2.45) is 0 Å². The van der Waals surface area contributed by atoms with Crippen LogP contribution in [0.25, 0.3) is 11.1 Å². The lowest BCUT2D eigenvalue weighted by molar-refractivity contribution is 0.219. The summed E-state index contributed by atoms with van der Waals surface area (Å²) >= 11 is 1.61. The predicted molar refractivity (Wildman–Crippen MR) is 84.3 cm³/mol. The van der Waals surface area contributed by atoms with Gasteiger partial charge < -0.3 is 9.05 Å². The minimum absolute atomic E-state index is 0.322.